The van der Waals surface area contributed by atoms with Crippen LogP contribution in [0.4, 0.5) is 0 Å². The molecule has 0 aromatic heterocycles. The molecular weight excluding hydrogens is 260 g/mol. The van der Waals surface area contributed by atoms with Gasteiger partial charge in [-0.2, -0.15) is 0 Å². The van der Waals surface area contributed by atoms with Crippen molar-refractivity contribution in [2.24, 2.45) is 0 Å². The first-order valence-corrected chi connectivity index (χ1v) is 9.28. The lowest BCUT2D eigenvalue weighted by Crippen LogP contribution is -2.42. The van der Waals surface area contributed by atoms with Crippen molar-refractivity contribution in [2.75, 3.05) is 28.4 Å². The van der Waals surface area contributed by atoms with Crippen LogP contribution in [0, 0.1) is 0 Å². The summed E-state index contributed by atoms with van der Waals surface area (Å²) in [4.78, 5) is 0. The summed E-state index contributed by atoms with van der Waals surface area (Å²) in [7, 11) is 3.75. The summed E-state index contributed by atoms with van der Waals surface area (Å²) in [6, 6.07) is 0.936. The van der Waals surface area contributed by atoms with Crippen molar-refractivity contribution >= 4 is 8.80 Å². The van der Waals surface area contributed by atoms with Crippen molar-refractivity contribution in [1.82, 2.24) is 0 Å². The predicted molar refractivity (Wildman–Crippen MR) is 82.3 cm³/mol. The summed E-state index contributed by atoms with van der Waals surface area (Å²) >= 11 is 0. The van der Waals surface area contributed by atoms with Crippen LogP contribution in [0.5, 0.6) is 0 Å². The Kier molecular flexibility index (Phi) is 18.1. The van der Waals surface area contributed by atoms with Crippen molar-refractivity contribution in [3.63, 3.8) is 0 Å². The number of unbranched alkanes of at least 4 members (excludes halogenated alkanes) is 7. The van der Waals surface area contributed by atoms with Crippen LogP contribution >= 0.6 is 0 Å². The lowest BCUT2D eigenvalue weighted by molar-refractivity contribution is 0.122. The van der Waals surface area contributed by atoms with Gasteiger partial charge in [0.2, 0.25) is 0 Å². The molecule has 4 nitrogen and oxygen atoms in total. The molecule has 0 rings (SSSR count). The molecule has 0 bridgehead atoms. The van der Waals surface area contributed by atoms with Crippen LogP contribution in [0.3, 0.4) is 0 Å². The predicted octanol–water partition coefficient (Wildman–Crippen LogP) is 3.61. The lowest BCUT2D eigenvalue weighted by atomic mass is 10.1. The first-order chi connectivity index (χ1) is 9.24. The standard InChI is InChI=1S/C13H30O3Si.CH4O/c1-5-6-7-8-9-10-11-12-13-17(14-2,15-3)16-4;1-2/h5-13H2,1-4H3;2H,1H3. The molecule has 0 spiro atoms. The van der Waals surface area contributed by atoms with E-state index < -0.39 is 8.80 Å². The Labute approximate surface area is 120 Å². The Bertz CT molecular complexity index is 155. The van der Waals surface area contributed by atoms with Crippen LogP contribution in [0.25, 0.3) is 0 Å². The highest BCUT2D eigenvalue weighted by atomic mass is 28.4. The highest BCUT2D eigenvalue weighted by Crippen LogP contribution is 2.18. The SMILES string of the molecule is CCCCCCCCCC[Si](OC)(OC)OC.CO. The average Bonchev–Trinajstić information content (AvgIpc) is 2.49. The van der Waals surface area contributed by atoms with Crippen LogP contribution in [-0.4, -0.2) is 42.4 Å². The summed E-state index contributed by atoms with van der Waals surface area (Å²) in [5.41, 5.74) is 0. The normalized spacial score (nSPS) is 11.1. The van der Waals surface area contributed by atoms with Crippen molar-refractivity contribution in [3.8, 4) is 0 Å². The van der Waals surface area contributed by atoms with E-state index in [1.54, 1.807) is 21.3 Å². The molecule has 0 aromatic carbocycles. The summed E-state index contributed by atoms with van der Waals surface area (Å²) < 4.78 is 16.2. The molecule has 0 aliphatic carbocycles. The molecule has 0 aliphatic rings. The second kappa shape index (κ2) is 16.1. The third-order valence-corrected chi connectivity index (χ3v) is 6.10. The smallest absolute Gasteiger partial charge is 0.400 e. The van der Waals surface area contributed by atoms with Gasteiger partial charge in [-0.05, 0) is 6.42 Å². The minimum absolute atomic E-state index is 0.936. The fraction of sp³-hybridized carbons (Fsp3) is 1.00. The van der Waals surface area contributed by atoms with E-state index in [9.17, 15) is 0 Å². The third kappa shape index (κ3) is 11.6. The second-order valence-electron chi connectivity index (χ2n) is 4.52. The third-order valence-electron chi connectivity index (χ3n) is 3.27. The van der Waals surface area contributed by atoms with Gasteiger partial charge < -0.3 is 18.4 Å². The fourth-order valence-corrected chi connectivity index (χ4v) is 3.83. The quantitative estimate of drug-likeness (QED) is 0.441. The van der Waals surface area contributed by atoms with Crippen molar-refractivity contribution < 1.29 is 18.4 Å². The molecule has 0 atom stereocenters. The summed E-state index contributed by atoms with van der Waals surface area (Å²) in [5, 5.41) is 7.00. The van der Waals surface area contributed by atoms with Crippen LogP contribution in [0.2, 0.25) is 6.04 Å². The minimum Gasteiger partial charge on any atom is -0.400 e. The number of hydrogen-bond acceptors (Lipinski definition) is 4. The van der Waals surface area contributed by atoms with Crippen LogP contribution in [0.15, 0.2) is 0 Å². The molecule has 0 amide bonds. The molecule has 0 saturated carbocycles. The van der Waals surface area contributed by atoms with E-state index in [2.05, 4.69) is 6.92 Å². The maximum Gasteiger partial charge on any atom is 0.500 e. The molecule has 1 N–H and O–H groups in total. The van der Waals surface area contributed by atoms with Crippen molar-refractivity contribution in [3.05, 3.63) is 0 Å². The van der Waals surface area contributed by atoms with E-state index in [4.69, 9.17) is 18.4 Å². The average molecular weight is 295 g/mol. The fourth-order valence-electron chi connectivity index (χ4n) is 2.03. The molecule has 118 valence electrons. The molecule has 0 aliphatic heterocycles. The summed E-state index contributed by atoms with van der Waals surface area (Å²) in [6.45, 7) is 2.25. The molecule has 0 radical (unpaired) electrons. The van der Waals surface area contributed by atoms with E-state index in [1.807, 2.05) is 0 Å². The molecule has 0 aromatic rings. The van der Waals surface area contributed by atoms with E-state index in [-0.39, 0.29) is 0 Å². The largest absolute Gasteiger partial charge is 0.500 e. The summed E-state index contributed by atoms with van der Waals surface area (Å²) in [6.07, 6.45) is 10.6. The molecular formula is C14H34O4Si. The van der Waals surface area contributed by atoms with Crippen molar-refractivity contribution in [1.29, 1.82) is 0 Å². The highest BCUT2D eigenvalue weighted by molar-refractivity contribution is 6.60. The van der Waals surface area contributed by atoms with Gasteiger partial charge in [-0.25, -0.2) is 0 Å². The number of aliphatic hydroxyl groups is 1. The van der Waals surface area contributed by atoms with Gasteiger partial charge >= 0.3 is 8.80 Å². The molecule has 0 heterocycles. The van der Waals surface area contributed by atoms with Gasteiger partial charge in [-0.15, -0.1) is 0 Å². The number of aliphatic hydroxyl groups excluding tert-OH is 1. The van der Waals surface area contributed by atoms with E-state index in [1.165, 1.54) is 44.9 Å². The topological polar surface area (TPSA) is 47.9 Å². The lowest BCUT2D eigenvalue weighted by Gasteiger charge is -2.24. The molecule has 5 heteroatoms. The number of rotatable bonds is 12. The van der Waals surface area contributed by atoms with Gasteiger partial charge in [0.05, 0.1) is 0 Å². The Balaban J connectivity index is 0. The van der Waals surface area contributed by atoms with E-state index in [0.717, 1.165) is 19.6 Å². The molecule has 19 heavy (non-hydrogen) atoms. The molecule has 0 saturated heterocycles. The zero-order valence-corrected chi connectivity index (χ0v) is 14.5. The Hall–Kier alpha value is 0.0569. The van der Waals surface area contributed by atoms with Gasteiger partial charge in [-0.3, -0.25) is 0 Å². The van der Waals surface area contributed by atoms with Crippen LogP contribution in [-0.2, 0) is 13.3 Å². The highest BCUT2D eigenvalue weighted by Gasteiger charge is 2.36. The maximum atomic E-state index is 7.00. The van der Waals surface area contributed by atoms with Gasteiger partial charge in [-0.1, -0.05) is 51.9 Å². The molecule has 0 fully saturated rings. The monoisotopic (exact) mass is 294 g/mol. The molecule has 0 unspecified atom stereocenters. The first kappa shape index (κ1) is 21.4. The minimum atomic E-state index is -2.30. The van der Waals surface area contributed by atoms with Gasteiger partial charge in [0.1, 0.15) is 0 Å². The zero-order valence-electron chi connectivity index (χ0n) is 13.5. The maximum absolute atomic E-state index is 7.00. The number of hydrogen-bond donors (Lipinski definition) is 1. The van der Waals surface area contributed by atoms with Crippen LogP contribution in [0.1, 0.15) is 58.3 Å². The zero-order chi connectivity index (χ0) is 15.0. The van der Waals surface area contributed by atoms with E-state index >= 15 is 0 Å². The van der Waals surface area contributed by atoms with Crippen LogP contribution < -0.4 is 0 Å². The Morgan fingerprint density at radius 1 is 0.684 bits per heavy atom. The second-order valence-corrected chi connectivity index (χ2v) is 7.61. The summed E-state index contributed by atoms with van der Waals surface area (Å²) in [5.74, 6) is 0. The Morgan fingerprint density at radius 2 is 1.05 bits per heavy atom. The first-order valence-electron chi connectivity index (χ1n) is 7.34. The van der Waals surface area contributed by atoms with Gasteiger partial charge in [0.25, 0.3) is 0 Å². The Morgan fingerprint density at radius 3 is 1.42 bits per heavy atom. The van der Waals surface area contributed by atoms with E-state index in [0.29, 0.717) is 0 Å². The van der Waals surface area contributed by atoms with Gasteiger partial charge in [0.15, 0.2) is 0 Å². The van der Waals surface area contributed by atoms with Crippen molar-refractivity contribution in [2.45, 2.75) is 64.3 Å². The van der Waals surface area contributed by atoms with Gasteiger partial charge in [0, 0.05) is 34.5 Å².